The highest BCUT2D eigenvalue weighted by atomic mass is 16.3. The number of aliphatic hydroxyl groups is 4. The fraction of sp³-hybridized carbons (Fsp3) is 0.536. The number of imidazole rings is 1. The SMILES string of the molecule is CN(C)C1CC2(O)CCC3=C(C=C2C(O)C1O)C(O)CC1(C)C(c2ccc4nc[nH]c4c2)=CCC31. The van der Waals surface area contributed by atoms with E-state index in [1.54, 1.807) is 6.33 Å². The number of benzene rings is 1. The highest BCUT2D eigenvalue weighted by molar-refractivity contribution is 5.83. The standard InChI is InChI=1S/C28H35N3O4/c1-27-13-24(32)17-11-20-25(33)26(34)23(31(2)3)12-28(20,35)9-8-16(17)19(27)6-5-18(27)15-4-7-21-22(10-15)30-14-29-21/h4-5,7,10-11,14,19,23-26,32-35H,6,8-9,12-13H2,1-3H3,(H,29,30). The van der Waals surface area contributed by atoms with Crippen LogP contribution in [0.15, 0.2) is 53.4 Å². The van der Waals surface area contributed by atoms with Crippen LogP contribution in [-0.2, 0) is 0 Å². The number of hydrogen-bond donors (Lipinski definition) is 5. The Morgan fingerprint density at radius 1 is 1.14 bits per heavy atom. The van der Waals surface area contributed by atoms with Crippen molar-refractivity contribution < 1.29 is 20.4 Å². The van der Waals surface area contributed by atoms with Gasteiger partial charge in [-0.2, -0.15) is 0 Å². The van der Waals surface area contributed by atoms with Gasteiger partial charge in [-0.3, -0.25) is 0 Å². The van der Waals surface area contributed by atoms with E-state index in [2.05, 4.69) is 35.1 Å². The molecular formula is C28H35N3O4. The van der Waals surface area contributed by atoms with Crippen molar-refractivity contribution in [1.29, 1.82) is 0 Å². The Kier molecular flexibility index (Phi) is 5.19. The number of allylic oxidation sites excluding steroid dienone is 3. The molecule has 0 spiro atoms. The summed E-state index contributed by atoms with van der Waals surface area (Å²) in [6, 6.07) is 5.95. The van der Waals surface area contributed by atoms with Crippen LogP contribution in [0.25, 0.3) is 16.6 Å². The van der Waals surface area contributed by atoms with Gasteiger partial charge in [-0.1, -0.05) is 30.7 Å². The second-order valence-corrected chi connectivity index (χ2v) is 11.5. The molecule has 5 N–H and O–H groups in total. The lowest BCUT2D eigenvalue weighted by atomic mass is 9.61. The van der Waals surface area contributed by atoms with Crippen molar-refractivity contribution in [1.82, 2.24) is 14.9 Å². The first-order valence-electron chi connectivity index (χ1n) is 12.6. The lowest BCUT2D eigenvalue weighted by Crippen LogP contribution is -2.58. The van der Waals surface area contributed by atoms with E-state index < -0.39 is 23.9 Å². The molecule has 0 radical (unpaired) electrons. The molecule has 0 amide bonds. The zero-order valence-electron chi connectivity index (χ0n) is 20.6. The minimum absolute atomic E-state index is 0.223. The molecule has 0 aliphatic heterocycles. The summed E-state index contributed by atoms with van der Waals surface area (Å²) in [4.78, 5) is 9.41. The first-order valence-corrected chi connectivity index (χ1v) is 12.6. The number of H-pyrrole nitrogens is 1. The first kappa shape index (κ1) is 23.1. The number of aliphatic hydroxyl groups excluding tert-OH is 3. The van der Waals surface area contributed by atoms with Crippen LogP contribution in [0.1, 0.15) is 44.6 Å². The number of fused-ring (bicyclic) bond motifs is 4. The third-order valence-corrected chi connectivity index (χ3v) is 9.34. The number of likely N-dealkylation sites (N-methyl/N-ethyl adjacent to an activating group) is 1. The summed E-state index contributed by atoms with van der Waals surface area (Å²) in [5, 5.41) is 45.0. The van der Waals surface area contributed by atoms with Crippen molar-refractivity contribution in [3.63, 3.8) is 0 Å². The molecule has 0 bridgehead atoms. The third kappa shape index (κ3) is 3.33. The van der Waals surface area contributed by atoms with Gasteiger partial charge in [0.05, 0.1) is 35.2 Å². The normalized spacial score (nSPS) is 39.1. The van der Waals surface area contributed by atoms with E-state index in [1.807, 2.05) is 31.1 Å². The van der Waals surface area contributed by atoms with Gasteiger partial charge in [0, 0.05) is 11.5 Å². The van der Waals surface area contributed by atoms with Crippen molar-refractivity contribution in [2.24, 2.45) is 11.3 Å². The molecule has 6 rings (SSSR count). The van der Waals surface area contributed by atoms with Crippen LogP contribution in [0.3, 0.4) is 0 Å². The molecule has 7 unspecified atom stereocenters. The number of nitrogens with zero attached hydrogens (tertiary/aromatic N) is 2. The van der Waals surface area contributed by atoms with Crippen molar-refractivity contribution in [3.05, 3.63) is 59.0 Å². The summed E-state index contributed by atoms with van der Waals surface area (Å²) in [6.07, 6.45) is 5.94. The summed E-state index contributed by atoms with van der Waals surface area (Å²) in [7, 11) is 3.72. The molecule has 35 heavy (non-hydrogen) atoms. The number of hydrogen-bond acceptors (Lipinski definition) is 6. The van der Waals surface area contributed by atoms with Crippen LogP contribution in [0.4, 0.5) is 0 Å². The largest absolute Gasteiger partial charge is 0.388 e. The van der Waals surface area contributed by atoms with E-state index in [1.165, 1.54) is 11.1 Å². The lowest BCUT2D eigenvalue weighted by molar-refractivity contribution is -0.0922. The van der Waals surface area contributed by atoms with Crippen LogP contribution in [0, 0.1) is 11.3 Å². The second kappa shape index (κ2) is 7.85. The van der Waals surface area contributed by atoms with Crippen molar-refractivity contribution >= 4 is 16.6 Å². The van der Waals surface area contributed by atoms with Crippen molar-refractivity contribution in [2.45, 2.75) is 69.0 Å². The second-order valence-electron chi connectivity index (χ2n) is 11.5. The monoisotopic (exact) mass is 477 g/mol. The van der Waals surface area contributed by atoms with Gasteiger partial charge in [-0.05, 0) is 86.5 Å². The van der Waals surface area contributed by atoms with Crippen LogP contribution < -0.4 is 0 Å². The van der Waals surface area contributed by atoms with Crippen LogP contribution >= 0.6 is 0 Å². The van der Waals surface area contributed by atoms with Crippen molar-refractivity contribution in [2.75, 3.05) is 14.1 Å². The van der Waals surface area contributed by atoms with E-state index in [0.717, 1.165) is 28.6 Å². The lowest BCUT2D eigenvalue weighted by Gasteiger charge is -2.46. The zero-order chi connectivity index (χ0) is 24.7. The predicted octanol–water partition coefficient (Wildman–Crippen LogP) is 2.54. The molecule has 0 saturated heterocycles. The van der Waals surface area contributed by atoms with Crippen LogP contribution in [0.2, 0.25) is 0 Å². The molecule has 1 aromatic heterocycles. The minimum Gasteiger partial charge on any atom is -0.388 e. The Hall–Kier alpha value is -2.29. The topological polar surface area (TPSA) is 113 Å². The molecule has 7 heteroatoms. The maximum Gasteiger partial charge on any atom is 0.105 e. The van der Waals surface area contributed by atoms with Crippen LogP contribution in [-0.4, -0.2) is 79.3 Å². The van der Waals surface area contributed by atoms with Gasteiger partial charge < -0.3 is 30.3 Å². The number of nitrogens with one attached hydrogen (secondary N) is 1. The Labute approximate surface area is 205 Å². The highest BCUT2D eigenvalue weighted by Gasteiger charge is 2.53. The number of aromatic amines is 1. The Morgan fingerprint density at radius 3 is 2.71 bits per heavy atom. The molecule has 4 aliphatic rings. The average molecular weight is 478 g/mol. The molecule has 4 aliphatic carbocycles. The summed E-state index contributed by atoms with van der Waals surface area (Å²) >= 11 is 0. The summed E-state index contributed by atoms with van der Waals surface area (Å²) in [6.45, 7) is 2.25. The molecule has 7 nitrogen and oxygen atoms in total. The molecule has 1 saturated carbocycles. The molecule has 1 fully saturated rings. The third-order valence-electron chi connectivity index (χ3n) is 9.34. The molecule has 7 atom stereocenters. The van der Waals surface area contributed by atoms with E-state index in [-0.39, 0.29) is 17.4 Å². The summed E-state index contributed by atoms with van der Waals surface area (Å²) in [5.41, 5.74) is 5.35. The van der Waals surface area contributed by atoms with Gasteiger partial charge in [0.15, 0.2) is 0 Å². The van der Waals surface area contributed by atoms with Gasteiger partial charge in [0.2, 0.25) is 0 Å². The fourth-order valence-corrected chi connectivity index (χ4v) is 7.40. The van der Waals surface area contributed by atoms with E-state index in [4.69, 9.17) is 0 Å². The summed E-state index contributed by atoms with van der Waals surface area (Å²) < 4.78 is 0. The smallest absolute Gasteiger partial charge is 0.105 e. The van der Waals surface area contributed by atoms with Gasteiger partial charge in [-0.15, -0.1) is 0 Å². The summed E-state index contributed by atoms with van der Waals surface area (Å²) in [5.74, 6) is 0.223. The van der Waals surface area contributed by atoms with Gasteiger partial charge in [0.25, 0.3) is 0 Å². The van der Waals surface area contributed by atoms with Gasteiger partial charge >= 0.3 is 0 Å². The fourth-order valence-electron chi connectivity index (χ4n) is 7.40. The number of rotatable bonds is 2. The minimum atomic E-state index is -1.21. The molecule has 186 valence electrons. The number of aromatic nitrogens is 2. The quantitative estimate of drug-likeness (QED) is 0.454. The van der Waals surface area contributed by atoms with Gasteiger partial charge in [0.1, 0.15) is 6.10 Å². The van der Waals surface area contributed by atoms with E-state index in [0.29, 0.717) is 31.3 Å². The van der Waals surface area contributed by atoms with Crippen molar-refractivity contribution in [3.8, 4) is 0 Å². The predicted molar refractivity (Wildman–Crippen MR) is 134 cm³/mol. The van der Waals surface area contributed by atoms with Gasteiger partial charge in [-0.25, -0.2) is 4.98 Å². The van der Waals surface area contributed by atoms with Crippen LogP contribution in [0.5, 0.6) is 0 Å². The Bertz CT molecular complexity index is 1280. The molecular weight excluding hydrogens is 442 g/mol. The average Bonchev–Trinajstić information content (AvgIpc) is 3.37. The van der Waals surface area contributed by atoms with E-state index in [9.17, 15) is 20.4 Å². The molecule has 1 aromatic carbocycles. The Balaban J connectivity index is 1.38. The first-order chi connectivity index (χ1) is 16.6. The van der Waals surface area contributed by atoms with E-state index >= 15 is 0 Å². The molecule has 2 aromatic rings. The zero-order valence-corrected chi connectivity index (χ0v) is 20.6. The maximum absolute atomic E-state index is 11.7. The Morgan fingerprint density at radius 2 is 1.94 bits per heavy atom. The molecule has 1 heterocycles. The highest BCUT2D eigenvalue weighted by Crippen LogP contribution is 2.60. The maximum atomic E-state index is 11.7.